The van der Waals surface area contributed by atoms with Gasteiger partial charge in [-0.3, -0.25) is 5.43 Å². The number of allylic oxidation sites excluding steroid dienone is 16. The summed E-state index contributed by atoms with van der Waals surface area (Å²) in [6, 6.07) is 0. The van der Waals surface area contributed by atoms with Crippen LogP contribution >= 0.6 is 0 Å². The Morgan fingerprint density at radius 1 is 0.903 bits per heavy atom. The second-order valence-electron chi connectivity index (χ2n) is 5.96. The molecule has 0 aromatic carbocycles. The van der Waals surface area contributed by atoms with Crippen molar-refractivity contribution in [1.29, 1.82) is 0 Å². The Hall–Kier alpha value is -4.18. The van der Waals surface area contributed by atoms with Crippen LogP contribution in [0.2, 0.25) is 0 Å². The Bertz CT molecular complexity index is 1000. The maximum absolute atomic E-state index is 4.77. The average Bonchev–Trinajstić information content (AvgIpc) is 3.20. The molecule has 0 aliphatic rings. The first-order chi connectivity index (χ1) is 15.1. The molecule has 4 heteroatoms. The van der Waals surface area contributed by atoms with E-state index in [9.17, 15) is 0 Å². The summed E-state index contributed by atoms with van der Waals surface area (Å²) in [5.74, 6) is 0. The summed E-state index contributed by atoms with van der Waals surface area (Å²) >= 11 is 0. The van der Waals surface area contributed by atoms with Crippen LogP contribution in [0.1, 0.15) is 18.2 Å². The molecule has 4 nitrogen and oxygen atoms in total. The number of aromatic nitrogens is 2. The van der Waals surface area contributed by atoms with Gasteiger partial charge in [0.1, 0.15) is 5.69 Å². The minimum Gasteiger partial charge on any atom is -0.279 e. The van der Waals surface area contributed by atoms with Crippen LogP contribution in [0.15, 0.2) is 135 Å². The number of rotatable bonds is 13. The highest BCUT2D eigenvalue weighted by Crippen LogP contribution is 2.21. The van der Waals surface area contributed by atoms with Gasteiger partial charge in [0, 0.05) is 17.3 Å². The topological polar surface area (TPSA) is 42.2 Å². The Labute approximate surface area is 186 Å². The van der Waals surface area contributed by atoms with E-state index in [1.54, 1.807) is 41.3 Å². The molecule has 0 saturated carbocycles. The van der Waals surface area contributed by atoms with Crippen LogP contribution in [0, 0.1) is 0 Å². The lowest BCUT2D eigenvalue weighted by Crippen LogP contribution is -2.03. The first kappa shape index (κ1) is 24.9. The summed E-state index contributed by atoms with van der Waals surface area (Å²) < 4.78 is 1.77. The summed E-state index contributed by atoms with van der Waals surface area (Å²) in [6.45, 7) is 20.7. The summed E-state index contributed by atoms with van der Waals surface area (Å²) in [4.78, 5) is 0. The first-order valence-electron chi connectivity index (χ1n) is 9.73. The zero-order valence-electron chi connectivity index (χ0n) is 18.1. The third-order valence-corrected chi connectivity index (χ3v) is 3.80. The molecule has 1 heterocycles. The van der Waals surface area contributed by atoms with Crippen molar-refractivity contribution in [2.24, 2.45) is 5.10 Å². The van der Waals surface area contributed by atoms with Crippen LogP contribution in [0.25, 0.3) is 11.3 Å². The molecule has 158 valence electrons. The third kappa shape index (κ3) is 8.38. The van der Waals surface area contributed by atoms with E-state index in [0.717, 1.165) is 28.2 Å². The summed E-state index contributed by atoms with van der Waals surface area (Å²) in [7, 11) is 0. The molecule has 0 unspecified atom stereocenters. The molecule has 1 rings (SSSR count). The van der Waals surface area contributed by atoms with Gasteiger partial charge in [0.25, 0.3) is 0 Å². The van der Waals surface area contributed by atoms with E-state index in [4.69, 9.17) is 5.10 Å². The van der Waals surface area contributed by atoms with E-state index in [1.165, 1.54) is 0 Å². The maximum Gasteiger partial charge on any atom is 0.102 e. The van der Waals surface area contributed by atoms with E-state index in [2.05, 4.69) is 43.4 Å². The molecule has 0 fully saturated rings. The van der Waals surface area contributed by atoms with Crippen molar-refractivity contribution in [1.82, 2.24) is 15.2 Å². The van der Waals surface area contributed by atoms with Gasteiger partial charge in [0.15, 0.2) is 0 Å². The van der Waals surface area contributed by atoms with Crippen LogP contribution in [-0.4, -0.2) is 16.0 Å². The van der Waals surface area contributed by atoms with Crippen LogP contribution in [-0.2, 0) is 0 Å². The molecule has 0 saturated heterocycles. The summed E-state index contributed by atoms with van der Waals surface area (Å²) in [5, 5.41) is 9.15. The summed E-state index contributed by atoms with van der Waals surface area (Å²) in [5.41, 5.74) is 7.13. The Morgan fingerprint density at radius 3 is 2.16 bits per heavy atom. The standard InChI is InChI=1S/C27H30N4/c1-7-13-18-23(16-10-4)27-24(21-28-29-25(12-6)19-14-8-2)22-31(30-27)26(17-11-5)20-15-9-3/h7-22,29H,1-5H2,6H3/b18-13-,19-14-,20-15-,23-16+,25-12+,26-17+,28-21+. The van der Waals surface area contributed by atoms with Crippen LogP contribution < -0.4 is 5.43 Å². The van der Waals surface area contributed by atoms with Gasteiger partial charge in [-0.2, -0.15) is 10.2 Å². The van der Waals surface area contributed by atoms with Crippen molar-refractivity contribution in [3.63, 3.8) is 0 Å². The van der Waals surface area contributed by atoms with Crippen LogP contribution in [0.3, 0.4) is 0 Å². The minimum absolute atomic E-state index is 0.745. The lowest BCUT2D eigenvalue weighted by molar-refractivity contribution is 0.903. The molecule has 0 bridgehead atoms. The molecule has 0 amide bonds. The van der Waals surface area contributed by atoms with Crippen molar-refractivity contribution in [2.75, 3.05) is 0 Å². The fourth-order valence-electron chi connectivity index (χ4n) is 2.39. The molecular weight excluding hydrogens is 380 g/mol. The number of nitrogens with one attached hydrogen (secondary N) is 1. The molecule has 0 aliphatic carbocycles. The van der Waals surface area contributed by atoms with Gasteiger partial charge < -0.3 is 0 Å². The van der Waals surface area contributed by atoms with Crippen LogP contribution in [0.5, 0.6) is 0 Å². The van der Waals surface area contributed by atoms with Gasteiger partial charge in [-0.05, 0) is 25.2 Å². The van der Waals surface area contributed by atoms with Gasteiger partial charge in [-0.1, -0.05) is 99.7 Å². The van der Waals surface area contributed by atoms with E-state index in [0.29, 0.717) is 0 Å². The van der Waals surface area contributed by atoms with Crippen molar-refractivity contribution in [3.05, 3.63) is 141 Å². The molecule has 31 heavy (non-hydrogen) atoms. The van der Waals surface area contributed by atoms with Gasteiger partial charge in [0.05, 0.1) is 17.6 Å². The highest BCUT2D eigenvalue weighted by atomic mass is 15.3. The van der Waals surface area contributed by atoms with E-state index in [1.807, 2.05) is 67.8 Å². The molecule has 1 N–H and O–H groups in total. The van der Waals surface area contributed by atoms with Crippen LogP contribution in [0.4, 0.5) is 0 Å². The molecule has 1 aromatic heterocycles. The van der Waals surface area contributed by atoms with Crippen molar-refractivity contribution < 1.29 is 0 Å². The lowest BCUT2D eigenvalue weighted by atomic mass is 10.1. The highest BCUT2D eigenvalue weighted by Gasteiger charge is 2.12. The zero-order valence-corrected chi connectivity index (χ0v) is 18.1. The van der Waals surface area contributed by atoms with Gasteiger partial charge in [-0.25, -0.2) is 4.68 Å². The molecule has 0 aliphatic heterocycles. The monoisotopic (exact) mass is 410 g/mol. The Balaban J connectivity index is 3.51. The number of hydrogen-bond acceptors (Lipinski definition) is 3. The van der Waals surface area contributed by atoms with E-state index in [-0.39, 0.29) is 0 Å². The van der Waals surface area contributed by atoms with Gasteiger partial charge in [-0.15, -0.1) is 0 Å². The van der Waals surface area contributed by atoms with Gasteiger partial charge in [0.2, 0.25) is 0 Å². The van der Waals surface area contributed by atoms with Gasteiger partial charge >= 0.3 is 0 Å². The molecule has 1 aromatic rings. The quantitative estimate of drug-likeness (QED) is 0.228. The van der Waals surface area contributed by atoms with E-state index < -0.39 is 0 Å². The molecule has 0 spiro atoms. The molecule has 0 radical (unpaired) electrons. The first-order valence-corrected chi connectivity index (χ1v) is 9.73. The number of hydrazone groups is 1. The maximum atomic E-state index is 4.77. The SMILES string of the molecule is C=C/C=C\C(=C/C)N/N=C/c1cn(C(/C=C\C=C)=C/C=C)nc1C(/C=C\C=C)=C/C=C. The second kappa shape index (κ2) is 14.8. The summed E-state index contributed by atoms with van der Waals surface area (Å²) in [6.07, 6.45) is 29.1. The predicted molar refractivity (Wildman–Crippen MR) is 137 cm³/mol. The zero-order chi connectivity index (χ0) is 22.9. The molecular formula is C27H30N4. The number of hydrogen-bond donors (Lipinski definition) is 1. The number of nitrogens with zero attached hydrogens (tertiary/aromatic N) is 3. The fourth-order valence-corrected chi connectivity index (χ4v) is 2.39. The second-order valence-corrected chi connectivity index (χ2v) is 5.96. The lowest BCUT2D eigenvalue weighted by Gasteiger charge is -2.02. The van der Waals surface area contributed by atoms with E-state index >= 15 is 0 Å². The largest absolute Gasteiger partial charge is 0.279 e. The third-order valence-electron chi connectivity index (χ3n) is 3.80. The predicted octanol–water partition coefficient (Wildman–Crippen LogP) is 6.53. The Kier molecular flexibility index (Phi) is 11.8. The normalized spacial score (nSPS) is 13.4. The Morgan fingerprint density at radius 2 is 1.55 bits per heavy atom. The average molecular weight is 411 g/mol. The molecule has 0 atom stereocenters. The highest BCUT2D eigenvalue weighted by molar-refractivity contribution is 5.90. The smallest absolute Gasteiger partial charge is 0.102 e. The minimum atomic E-state index is 0.745. The van der Waals surface area contributed by atoms with Crippen molar-refractivity contribution in [3.8, 4) is 0 Å². The van der Waals surface area contributed by atoms with Crippen molar-refractivity contribution >= 4 is 17.5 Å². The van der Waals surface area contributed by atoms with Crippen molar-refractivity contribution in [2.45, 2.75) is 6.92 Å². The fraction of sp³-hybridized carbons (Fsp3) is 0.0370.